The molecule has 0 aliphatic rings. The van der Waals surface area contributed by atoms with Crippen molar-refractivity contribution in [1.82, 2.24) is 10.2 Å². The molecule has 0 heterocycles. The predicted molar refractivity (Wildman–Crippen MR) is 99.2 cm³/mol. The van der Waals surface area contributed by atoms with Gasteiger partial charge in [-0.15, -0.1) is 0 Å². The lowest BCUT2D eigenvalue weighted by Crippen LogP contribution is -2.47. The average Bonchev–Trinajstić information content (AvgIpc) is 2.71. The van der Waals surface area contributed by atoms with Crippen LogP contribution in [0.25, 0.3) is 0 Å². The maximum Gasteiger partial charge on any atom is 0.257 e. The van der Waals surface area contributed by atoms with Gasteiger partial charge in [-0.1, -0.05) is 36.4 Å². The average molecular weight is 385 g/mol. The highest BCUT2D eigenvalue weighted by Crippen LogP contribution is 2.13. The van der Waals surface area contributed by atoms with Gasteiger partial charge in [-0.05, 0) is 30.7 Å². The summed E-state index contributed by atoms with van der Waals surface area (Å²) in [5.41, 5.74) is 0.334. The summed E-state index contributed by atoms with van der Waals surface area (Å²) in [5.74, 6) is -1.54. The Balaban J connectivity index is 2.17. The minimum atomic E-state index is -3.63. The van der Waals surface area contributed by atoms with Crippen molar-refractivity contribution in [3.05, 3.63) is 66.2 Å². The van der Waals surface area contributed by atoms with Crippen LogP contribution in [0, 0.1) is 11.5 Å². The Kier molecular flexibility index (Phi) is 6.68. The first-order chi connectivity index (χ1) is 12.8. The first-order valence-electron chi connectivity index (χ1n) is 8.16. The van der Waals surface area contributed by atoms with E-state index >= 15 is 0 Å². The van der Waals surface area contributed by atoms with Gasteiger partial charge in [0.1, 0.15) is 6.04 Å². The topological polar surface area (TPSA) is 107 Å². The molecule has 2 aromatic rings. The molecule has 2 aromatic carbocycles. The van der Waals surface area contributed by atoms with Crippen LogP contribution in [0.3, 0.4) is 0 Å². The Morgan fingerprint density at radius 3 is 2.19 bits per heavy atom. The van der Waals surface area contributed by atoms with E-state index in [-0.39, 0.29) is 17.1 Å². The number of nitrogens with one attached hydrogen (secondary N) is 1. The number of benzene rings is 2. The molecule has 0 radical (unpaired) electrons. The van der Waals surface area contributed by atoms with Gasteiger partial charge in [-0.25, -0.2) is 8.42 Å². The third-order valence-electron chi connectivity index (χ3n) is 3.90. The van der Waals surface area contributed by atoms with Crippen LogP contribution in [-0.4, -0.2) is 44.0 Å². The number of carbonyl (C=O) groups is 2. The van der Waals surface area contributed by atoms with E-state index < -0.39 is 27.7 Å². The summed E-state index contributed by atoms with van der Waals surface area (Å²) in [6.45, 7) is 0. The molecule has 2 rings (SSSR count). The van der Waals surface area contributed by atoms with Crippen molar-refractivity contribution in [2.24, 2.45) is 0 Å². The van der Waals surface area contributed by atoms with Gasteiger partial charge in [0.25, 0.3) is 11.8 Å². The van der Waals surface area contributed by atoms with Gasteiger partial charge < -0.3 is 5.32 Å². The largest absolute Gasteiger partial charge is 0.340 e. The molecule has 0 unspecified atom stereocenters. The molecule has 140 valence electrons. The molecule has 7 nitrogen and oxygen atoms in total. The summed E-state index contributed by atoms with van der Waals surface area (Å²) >= 11 is 0. The zero-order valence-electron chi connectivity index (χ0n) is 14.7. The van der Waals surface area contributed by atoms with E-state index in [9.17, 15) is 18.0 Å². The normalized spacial score (nSPS) is 11.9. The van der Waals surface area contributed by atoms with E-state index in [4.69, 9.17) is 5.26 Å². The van der Waals surface area contributed by atoms with Gasteiger partial charge in [-0.3, -0.25) is 14.5 Å². The van der Waals surface area contributed by atoms with Gasteiger partial charge in [0.2, 0.25) is 0 Å². The minimum absolute atomic E-state index is 0.138. The molecule has 0 saturated heterocycles. The molecular formula is C19H19N3O4S. The van der Waals surface area contributed by atoms with E-state index in [1.165, 1.54) is 19.2 Å². The van der Waals surface area contributed by atoms with Crippen LogP contribution in [0.15, 0.2) is 65.6 Å². The van der Waals surface area contributed by atoms with Crippen molar-refractivity contribution >= 4 is 21.7 Å². The van der Waals surface area contributed by atoms with Gasteiger partial charge in [0.15, 0.2) is 16.0 Å². The van der Waals surface area contributed by atoms with E-state index in [1.807, 2.05) is 0 Å². The second-order valence-corrected chi connectivity index (χ2v) is 7.92. The molecule has 0 aromatic heterocycles. The Morgan fingerprint density at radius 1 is 1.07 bits per heavy atom. The van der Waals surface area contributed by atoms with E-state index in [1.54, 1.807) is 54.7 Å². The molecular weight excluding hydrogens is 366 g/mol. The molecule has 1 atom stereocenters. The Bertz CT molecular complexity index is 938. The highest BCUT2D eigenvalue weighted by Gasteiger charge is 2.27. The number of rotatable bonds is 7. The number of hydrogen-bond acceptors (Lipinski definition) is 5. The summed E-state index contributed by atoms with van der Waals surface area (Å²) < 4.78 is 24.9. The summed E-state index contributed by atoms with van der Waals surface area (Å²) in [4.78, 5) is 25.6. The SMILES string of the molecule is CN(C#N)C(=O)[C@@H](CCS(=O)(=O)c1ccccc1)NC(=O)c1ccccc1. The fourth-order valence-electron chi connectivity index (χ4n) is 2.39. The summed E-state index contributed by atoms with van der Waals surface area (Å²) in [6.07, 6.45) is 1.52. The molecule has 0 fully saturated rings. The predicted octanol–water partition coefficient (Wildman–Crippen LogP) is 1.59. The maximum atomic E-state index is 12.5. The lowest BCUT2D eigenvalue weighted by molar-refractivity contribution is -0.129. The van der Waals surface area contributed by atoms with Crippen LogP contribution >= 0.6 is 0 Å². The zero-order valence-corrected chi connectivity index (χ0v) is 15.5. The van der Waals surface area contributed by atoms with Crippen molar-refractivity contribution in [2.75, 3.05) is 12.8 Å². The Labute approximate surface area is 158 Å². The van der Waals surface area contributed by atoms with Gasteiger partial charge in [0.05, 0.1) is 10.6 Å². The van der Waals surface area contributed by atoms with E-state index in [0.29, 0.717) is 5.56 Å². The number of sulfone groups is 1. The quantitative estimate of drug-likeness (QED) is 0.575. The van der Waals surface area contributed by atoms with Crippen molar-refractivity contribution in [3.63, 3.8) is 0 Å². The minimum Gasteiger partial charge on any atom is -0.340 e. The van der Waals surface area contributed by atoms with Crippen molar-refractivity contribution in [1.29, 1.82) is 5.26 Å². The van der Waals surface area contributed by atoms with Crippen LogP contribution in [0.5, 0.6) is 0 Å². The number of nitrogens with zero attached hydrogens (tertiary/aromatic N) is 2. The van der Waals surface area contributed by atoms with Crippen molar-refractivity contribution in [3.8, 4) is 6.19 Å². The molecule has 1 N–H and O–H groups in total. The number of nitriles is 1. The molecule has 0 aliphatic carbocycles. The third-order valence-corrected chi connectivity index (χ3v) is 5.66. The number of carbonyl (C=O) groups excluding carboxylic acids is 2. The monoisotopic (exact) mass is 385 g/mol. The van der Waals surface area contributed by atoms with Crippen LogP contribution in [0.1, 0.15) is 16.8 Å². The van der Waals surface area contributed by atoms with Crippen molar-refractivity contribution < 1.29 is 18.0 Å². The number of likely N-dealkylation sites (N-methyl/N-ethyl adjacent to an activating group) is 1. The lowest BCUT2D eigenvalue weighted by Gasteiger charge is -2.20. The molecule has 27 heavy (non-hydrogen) atoms. The lowest BCUT2D eigenvalue weighted by atomic mass is 10.1. The first kappa shape index (κ1) is 20.1. The smallest absolute Gasteiger partial charge is 0.257 e. The number of hydrogen-bond donors (Lipinski definition) is 1. The van der Waals surface area contributed by atoms with Crippen LogP contribution in [0.4, 0.5) is 0 Å². The van der Waals surface area contributed by atoms with Crippen LogP contribution in [-0.2, 0) is 14.6 Å². The fraction of sp³-hybridized carbons (Fsp3) is 0.211. The maximum absolute atomic E-state index is 12.5. The Hall–Kier alpha value is -3.18. The second-order valence-electron chi connectivity index (χ2n) is 5.81. The number of amides is 2. The standard InChI is InChI=1S/C19H19N3O4S/c1-22(14-20)19(24)17(21-18(23)15-8-4-2-5-9-15)12-13-27(25,26)16-10-6-3-7-11-16/h2-11,17H,12-13H2,1H3,(H,21,23)/t17-/m1/s1. The highest BCUT2D eigenvalue weighted by atomic mass is 32.2. The summed E-state index contributed by atoms with van der Waals surface area (Å²) in [7, 11) is -2.37. The van der Waals surface area contributed by atoms with Crippen LogP contribution in [0.2, 0.25) is 0 Å². The Morgan fingerprint density at radius 2 is 1.63 bits per heavy atom. The zero-order chi connectivity index (χ0) is 19.9. The van der Waals surface area contributed by atoms with Crippen LogP contribution < -0.4 is 5.32 Å². The second kappa shape index (κ2) is 8.96. The van der Waals surface area contributed by atoms with Gasteiger partial charge in [-0.2, -0.15) is 5.26 Å². The van der Waals surface area contributed by atoms with Gasteiger partial charge in [0, 0.05) is 12.6 Å². The summed E-state index contributed by atoms with van der Waals surface area (Å²) in [6, 6.07) is 15.0. The third kappa shape index (κ3) is 5.39. The molecule has 0 saturated carbocycles. The molecule has 2 amide bonds. The first-order valence-corrected chi connectivity index (χ1v) is 9.81. The molecule has 0 spiro atoms. The molecule has 0 aliphatic heterocycles. The molecule has 0 bridgehead atoms. The van der Waals surface area contributed by atoms with E-state index in [0.717, 1.165) is 4.90 Å². The van der Waals surface area contributed by atoms with Gasteiger partial charge >= 0.3 is 0 Å². The highest BCUT2D eigenvalue weighted by molar-refractivity contribution is 7.91. The summed E-state index contributed by atoms with van der Waals surface area (Å²) in [5, 5.41) is 11.5. The van der Waals surface area contributed by atoms with Crippen molar-refractivity contribution in [2.45, 2.75) is 17.4 Å². The van der Waals surface area contributed by atoms with E-state index in [2.05, 4.69) is 5.32 Å². The molecule has 8 heteroatoms. The fourth-order valence-corrected chi connectivity index (χ4v) is 3.74.